The molecule has 0 unspecified atom stereocenters. The second-order valence-electron chi connectivity index (χ2n) is 4.84. The summed E-state index contributed by atoms with van der Waals surface area (Å²) in [6, 6.07) is 10.7. The minimum absolute atomic E-state index is 0.0671. The first-order valence-corrected chi connectivity index (χ1v) is 6.49. The number of ether oxygens (including phenoxy) is 1. The third-order valence-electron chi connectivity index (χ3n) is 3.19. The Morgan fingerprint density at radius 1 is 1.00 bits per heavy atom. The molecule has 1 heterocycles. The van der Waals surface area contributed by atoms with Crippen LogP contribution >= 0.6 is 0 Å². The molecule has 0 aliphatic carbocycles. The van der Waals surface area contributed by atoms with E-state index in [0.717, 1.165) is 17.6 Å². The minimum atomic E-state index is -4.40. The molecule has 0 spiro atoms. The smallest absolute Gasteiger partial charge is 0.416 e. The summed E-state index contributed by atoms with van der Waals surface area (Å²) in [4.78, 5) is 3.02. The zero-order chi connectivity index (χ0) is 15.7. The topological polar surface area (TPSA) is 25.0 Å². The largest absolute Gasteiger partial charge is 0.487 e. The minimum Gasteiger partial charge on any atom is -0.487 e. The van der Waals surface area contributed by atoms with Gasteiger partial charge in [0, 0.05) is 10.9 Å². The predicted molar refractivity (Wildman–Crippen MR) is 74.0 cm³/mol. The number of rotatable bonds is 3. The van der Waals surface area contributed by atoms with Gasteiger partial charge >= 0.3 is 6.18 Å². The van der Waals surface area contributed by atoms with Crippen molar-refractivity contribution in [3.63, 3.8) is 0 Å². The molecular formula is C16H11F4NO. The van der Waals surface area contributed by atoms with Crippen molar-refractivity contribution in [3.8, 4) is 5.75 Å². The summed E-state index contributed by atoms with van der Waals surface area (Å²) in [7, 11) is 0. The average molecular weight is 309 g/mol. The molecule has 0 radical (unpaired) electrons. The van der Waals surface area contributed by atoms with Crippen LogP contribution in [0.1, 0.15) is 11.3 Å². The number of benzene rings is 2. The molecule has 22 heavy (non-hydrogen) atoms. The van der Waals surface area contributed by atoms with Gasteiger partial charge in [-0.2, -0.15) is 13.2 Å². The van der Waals surface area contributed by atoms with Gasteiger partial charge in [-0.3, -0.25) is 0 Å². The van der Waals surface area contributed by atoms with Crippen LogP contribution in [0.4, 0.5) is 17.6 Å². The van der Waals surface area contributed by atoms with Gasteiger partial charge < -0.3 is 9.72 Å². The first kappa shape index (κ1) is 14.4. The molecule has 0 aliphatic rings. The van der Waals surface area contributed by atoms with Crippen LogP contribution in [0, 0.1) is 5.82 Å². The molecule has 0 amide bonds. The molecular weight excluding hydrogens is 298 g/mol. The van der Waals surface area contributed by atoms with E-state index in [2.05, 4.69) is 4.98 Å². The maximum atomic E-state index is 13.1. The first-order valence-electron chi connectivity index (χ1n) is 6.49. The molecule has 1 N–H and O–H groups in total. The van der Waals surface area contributed by atoms with Crippen LogP contribution < -0.4 is 4.74 Å². The SMILES string of the molecule is Fc1ccc2[nH]c(COc3cccc(C(F)(F)F)c3)cc2c1. The van der Waals surface area contributed by atoms with E-state index >= 15 is 0 Å². The lowest BCUT2D eigenvalue weighted by atomic mass is 10.2. The fraction of sp³-hybridized carbons (Fsp3) is 0.125. The highest BCUT2D eigenvalue weighted by atomic mass is 19.4. The Balaban J connectivity index is 1.76. The van der Waals surface area contributed by atoms with E-state index in [1.165, 1.54) is 24.3 Å². The van der Waals surface area contributed by atoms with E-state index in [4.69, 9.17) is 4.74 Å². The van der Waals surface area contributed by atoms with Crippen molar-refractivity contribution in [2.75, 3.05) is 0 Å². The number of fused-ring (bicyclic) bond motifs is 1. The first-order chi connectivity index (χ1) is 10.4. The monoisotopic (exact) mass is 309 g/mol. The molecule has 0 saturated heterocycles. The fourth-order valence-corrected chi connectivity index (χ4v) is 2.16. The van der Waals surface area contributed by atoms with Crippen molar-refractivity contribution in [1.82, 2.24) is 4.98 Å². The number of aromatic nitrogens is 1. The van der Waals surface area contributed by atoms with E-state index in [0.29, 0.717) is 11.1 Å². The number of halogens is 4. The maximum Gasteiger partial charge on any atom is 0.416 e. The molecule has 2 aromatic carbocycles. The molecule has 2 nitrogen and oxygen atoms in total. The van der Waals surface area contributed by atoms with Crippen LogP contribution in [-0.4, -0.2) is 4.98 Å². The Kier molecular flexibility index (Phi) is 3.52. The van der Waals surface area contributed by atoms with Crippen LogP contribution in [0.2, 0.25) is 0 Å². The van der Waals surface area contributed by atoms with E-state index < -0.39 is 11.7 Å². The standard InChI is InChI=1S/C16H11F4NO/c17-12-4-5-15-10(6-12)7-13(21-15)9-22-14-3-1-2-11(8-14)16(18,19)20/h1-8,21H,9H2. The Morgan fingerprint density at radius 3 is 2.59 bits per heavy atom. The Morgan fingerprint density at radius 2 is 1.82 bits per heavy atom. The summed E-state index contributed by atoms with van der Waals surface area (Å²) < 4.78 is 56.3. The summed E-state index contributed by atoms with van der Waals surface area (Å²) in [5.41, 5.74) is 0.630. The van der Waals surface area contributed by atoms with Crippen LogP contribution in [0.3, 0.4) is 0 Å². The van der Waals surface area contributed by atoms with Crippen molar-refractivity contribution in [2.45, 2.75) is 12.8 Å². The summed E-state index contributed by atoms with van der Waals surface area (Å²) in [6.45, 7) is 0.0671. The molecule has 3 aromatic rings. The van der Waals surface area contributed by atoms with Gasteiger partial charge in [-0.25, -0.2) is 4.39 Å². The second-order valence-corrected chi connectivity index (χ2v) is 4.84. The molecule has 0 aliphatic heterocycles. The van der Waals surface area contributed by atoms with Crippen LogP contribution in [0.5, 0.6) is 5.75 Å². The molecule has 6 heteroatoms. The molecule has 0 fully saturated rings. The van der Waals surface area contributed by atoms with Gasteiger partial charge in [0.15, 0.2) is 0 Å². The molecule has 1 aromatic heterocycles. The van der Waals surface area contributed by atoms with Crippen molar-refractivity contribution >= 4 is 10.9 Å². The van der Waals surface area contributed by atoms with Crippen molar-refractivity contribution < 1.29 is 22.3 Å². The van der Waals surface area contributed by atoms with Crippen LogP contribution in [-0.2, 0) is 12.8 Å². The van der Waals surface area contributed by atoms with Crippen LogP contribution in [0.15, 0.2) is 48.5 Å². The lowest BCUT2D eigenvalue weighted by molar-refractivity contribution is -0.137. The summed E-state index contributed by atoms with van der Waals surface area (Å²) in [5.74, 6) is -0.225. The van der Waals surface area contributed by atoms with Gasteiger partial charge in [0.2, 0.25) is 0 Å². The zero-order valence-electron chi connectivity index (χ0n) is 11.2. The van der Waals surface area contributed by atoms with Gasteiger partial charge in [-0.1, -0.05) is 6.07 Å². The van der Waals surface area contributed by atoms with Gasteiger partial charge in [-0.05, 0) is 42.5 Å². The number of alkyl halides is 3. The summed E-state index contributed by atoms with van der Waals surface area (Å²) >= 11 is 0. The number of nitrogens with one attached hydrogen (secondary N) is 1. The van der Waals surface area contributed by atoms with Gasteiger partial charge in [0.05, 0.1) is 11.3 Å². The third kappa shape index (κ3) is 3.05. The van der Waals surface area contributed by atoms with E-state index in [1.54, 1.807) is 12.1 Å². The average Bonchev–Trinajstić information content (AvgIpc) is 2.86. The summed E-state index contributed by atoms with van der Waals surface area (Å²) in [5, 5.41) is 0.683. The van der Waals surface area contributed by atoms with Gasteiger partial charge in [0.25, 0.3) is 0 Å². The number of H-pyrrole nitrogens is 1. The highest BCUT2D eigenvalue weighted by molar-refractivity contribution is 5.80. The molecule has 0 atom stereocenters. The Labute approximate surface area is 123 Å². The third-order valence-corrected chi connectivity index (χ3v) is 3.19. The summed E-state index contributed by atoms with van der Waals surface area (Å²) in [6.07, 6.45) is -4.40. The predicted octanol–water partition coefficient (Wildman–Crippen LogP) is 4.90. The Hall–Kier alpha value is -2.50. The lowest BCUT2D eigenvalue weighted by Gasteiger charge is -2.09. The maximum absolute atomic E-state index is 13.1. The number of aromatic amines is 1. The van der Waals surface area contributed by atoms with E-state index in [9.17, 15) is 17.6 Å². The number of hydrogen-bond donors (Lipinski definition) is 1. The molecule has 0 bridgehead atoms. The second kappa shape index (κ2) is 5.36. The van der Waals surface area contributed by atoms with Crippen molar-refractivity contribution in [1.29, 1.82) is 0 Å². The molecule has 0 saturated carbocycles. The highest BCUT2D eigenvalue weighted by Crippen LogP contribution is 2.31. The molecule has 114 valence electrons. The van der Waals surface area contributed by atoms with Gasteiger partial charge in [0.1, 0.15) is 18.2 Å². The van der Waals surface area contributed by atoms with Gasteiger partial charge in [-0.15, -0.1) is 0 Å². The van der Waals surface area contributed by atoms with Crippen LogP contribution in [0.25, 0.3) is 10.9 Å². The van der Waals surface area contributed by atoms with E-state index in [-0.39, 0.29) is 18.2 Å². The van der Waals surface area contributed by atoms with Crippen molar-refractivity contribution in [2.24, 2.45) is 0 Å². The normalized spacial score (nSPS) is 11.8. The van der Waals surface area contributed by atoms with Crippen molar-refractivity contribution in [3.05, 3.63) is 65.6 Å². The highest BCUT2D eigenvalue weighted by Gasteiger charge is 2.30. The zero-order valence-corrected chi connectivity index (χ0v) is 11.2. The van der Waals surface area contributed by atoms with E-state index in [1.807, 2.05) is 0 Å². The quantitative estimate of drug-likeness (QED) is 0.684. The molecule has 3 rings (SSSR count). The number of hydrogen-bond acceptors (Lipinski definition) is 1. The lowest BCUT2D eigenvalue weighted by Crippen LogP contribution is -2.05. The Bertz CT molecular complexity index is 807. The fourth-order valence-electron chi connectivity index (χ4n) is 2.16.